The van der Waals surface area contributed by atoms with E-state index in [0.717, 1.165) is 31.1 Å². The molecule has 3 fully saturated rings. The molecule has 110 valence electrons. The summed E-state index contributed by atoms with van der Waals surface area (Å²) < 4.78 is 5.85. The zero-order chi connectivity index (χ0) is 13.7. The Bertz CT molecular complexity index is 334. The fourth-order valence-corrected chi connectivity index (χ4v) is 5.79. The molecule has 0 radical (unpaired) electrons. The van der Waals surface area contributed by atoms with Crippen LogP contribution in [0, 0.1) is 29.1 Å². The van der Waals surface area contributed by atoms with Gasteiger partial charge in [-0.15, -0.1) is 0 Å². The van der Waals surface area contributed by atoms with E-state index in [9.17, 15) is 5.11 Å². The summed E-state index contributed by atoms with van der Waals surface area (Å²) in [5.41, 5.74) is 0.399. The van der Waals surface area contributed by atoms with Crippen molar-refractivity contribution in [2.24, 2.45) is 29.1 Å². The van der Waals surface area contributed by atoms with Crippen molar-refractivity contribution >= 4 is 0 Å². The van der Waals surface area contributed by atoms with Gasteiger partial charge in [0.15, 0.2) is 5.79 Å². The van der Waals surface area contributed by atoms with Crippen molar-refractivity contribution < 1.29 is 9.84 Å². The summed E-state index contributed by atoms with van der Waals surface area (Å²) in [5, 5.41) is 11.0. The van der Waals surface area contributed by atoms with Gasteiger partial charge in [0.25, 0.3) is 0 Å². The molecule has 2 heteroatoms. The Labute approximate surface area is 117 Å². The second-order valence-electron chi connectivity index (χ2n) is 7.75. The lowest BCUT2D eigenvalue weighted by Gasteiger charge is -2.50. The van der Waals surface area contributed by atoms with Crippen molar-refractivity contribution in [2.75, 3.05) is 6.61 Å². The minimum absolute atomic E-state index is 0.367. The Morgan fingerprint density at radius 2 is 1.95 bits per heavy atom. The Hall–Kier alpha value is -0.0800. The van der Waals surface area contributed by atoms with Crippen LogP contribution in [-0.4, -0.2) is 17.5 Å². The van der Waals surface area contributed by atoms with Crippen LogP contribution < -0.4 is 0 Å². The number of fused-ring (bicyclic) bond motifs is 2. The topological polar surface area (TPSA) is 29.5 Å². The van der Waals surface area contributed by atoms with E-state index >= 15 is 0 Å². The smallest absolute Gasteiger partial charge is 0.168 e. The lowest BCUT2D eigenvalue weighted by molar-refractivity contribution is -0.269. The van der Waals surface area contributed by atoms with Crippen molar-refractivity contribution in [1.29, 1.82) is 0 Å². The fraction of sp³-hybridized carbons (Fsp3) is 1.00. The van der Waals surface area contributed by atoms with E-state index < -0.39 is 5.79 Å². The SMILES string of the molecule is CCOC1(O)CCCCC1C1C2CCC(C2)C1(C)C. The Kier molecular flexibility index (Phi) is 3.46. The third kappa shape index (κ3) is 2.06. The largest absolute Gasteiger partial charge is 0.365 e. The van der Waals surface area contributed by atoms with Gasteiger partial charge in [0.2, 0.25) is 0 Å². The van der Waals surface area contributed by atoms with E-state index in [1.165, 1.54) is 25.7 Å². The van der Waals surface area contributed by atoms with Crippen LogP contribution in [0.15, 0.2) is 0 Å². The summed E-state index contributed by atoms with van der Waals surface area (Å²) in [4.78, 5) is 0. The average molecular weight is 266 g/mol. The van der Waals surface area contributed by atoms with Crippen molar-refractivity contribution in [3.8, 4) is 0 Å². The molecule has 3 saturated carbocycles. The molecule has 0 aromatic heterocycles. The molecule has 3 aliphatic carbocycles. The molecule has 0 saturated heterocycles. The van der Waals surface area contributed by atoms with E-state index in [2.05, 4.69) is 13.8 Å². The molecular formula is C17H30O2. The van der Waals surface area contributed by atoms with Crippen LogP contribution in [-0.2, 0) is 4.74 Å². The minimum Gasteiger partial charge on any atom is -0.365 e. The van der Waals surface area contributed by atoms with Crippen LogP contribution in [0.4, 0.5) is 0 Å². The second-order valence-corrected chi connectivity index (χ2v) is 7.75. The lowest BCUT2D eigenvalue weighted by atomic mass is 9.59. The van der Waals surface area contributed by atoms with E-state index in [1.807, 2.05) is 6.92 Å². The molecule has 0 aromatic carbocycles. The molecule has 0 amide bonds. The van der Waals surface area contributed by atoms with Crippen LogP contribution in [0.3, 0.4) is 0 Å². The molecule has 0 heterocycles. The quantitative estimate of drug-likeness (QED) is 0.783. The molecule has 5 unspecified atom stereocenters. The van der Waals surface area contributed by atoms with Crippen LogP contribution >= 0.6 is 0 Å². The van der Waals surface area contributed by atoms with Gasteiger partial charge in [0.1, 0.15) is 0 Å². The van der Waals surface area contributed by atoms with Gasteiger partial charge < -0.3 is 9.84 Å². The molecule has 2 bridgehead atoms. The van der Waals surface area contributed by atoms with Gasteiger partial charge >= 0.3 is 0 Å². The minimum atomic E-state index is -0.834. The maximum atomic E-state index is 11.0. The number of hydrogen-bond acceptors (Lipinski definition) is 2. The summed E-state index contributed by atoms with van der Waals surface area (Å²) >= 11 is 0. The first-order chi connectivity index (χ1) is 8.99. The third-order valence-electron chi connectivity index (χ3n) is 6.60. The Morgan fingerprint density at radius 3 is 2.58 bits per heavy atom. The second kappa shape index (κ2) is 4.73. The van der Waals surface area contributed by atoms with Gasteiger partial charge in [-0.25, -0.2) is 0 Å². The molecule has 3 rings (SSSR count). The van der Waals surface area contributed by atoms with Crippen molar-refractivity contribution in [1.82, 2.24) is 0 Å². The molecule has 19 heavy (non-hydrogen) atoms. The molecule has 5 atom stereocenters. The first kappa shape index (κ1) is 13.9. The zero-order valence-electron chi connectivity index (χ0n) is 12.8. The summed E-state index contributed by atoms with van der Waals surface area (Å²) in [5.74, 6) is 1.93. The third-order valence-corrected chi connectivity index (χ3v) is 6.60. The van der Waals surface area contributed by atoms with Gasteiger partial charge in [0.05, 0.1) is 0 Å². The molecule has 0 spiro atoms. The van der Waals surface area contributed by atoms with Crippen molar-refractivity contribution in [2.45, 2.75) is 71.5 Å². The maximum absolute atomic E-state index is 11.0. The number of aliphatic hydroxyl groups is 1. The number of rotatable bonds is 3. The number of hydrogen-bond donors (Lipinski definition) is 1. The normalized spacial score (nSPS) is 48.6. The molecule has 1 N–H and O–H groups in total. The van der Waals surface area contributed by atoms with E-state index in [-0.39, 0.29) is 0 Å². The highest BCUT2D eigenvalue weighted by Gasteiger charge is 2.59. The summed E-state index contributed by atoms with van der Waals surface area (Å²) in [7, 11) is 0. The first-order valence-electron chi connectivity index (χ1n) is 8.35. The summed E-state index contributed by atoms with van der Waals surface area (Å²) in [6.45, 7) is 7.54. The molecule has 0 aromatic rings. The highest BCUT2D eigenvalue weighted by Crippen LogP contribution is 2.64. The maximum Gasteiger partial charge on any atom is 0.168 e. The highest BCUT2D eigenvalue weighted by molar-refractivity contribution is 5.06. The molecule has 3 aliphatic rings. The summed E-state index contributed by atoms with van der Waals surface area (Å²) in [6.07, 6.45) is 8.59. The predicted octanol–water partition coefficient (Wildman–Crippen LogP) is 3.97. The van der Waals surface area contributed by atoms with Gasteiger partial charge in [0, 0.05) is 18.9 Å². The first-order valence-corrected chi connectivity index (χ1v) is 8.35. The van der Waals surface area contributed by atoms with Crippen LogP contribution in [0.5, 0.6) is 0 Å². The van der Waals surface area contributed by atoms with Gasteiger partial charge in [-0.1, -0.05) is 20.3 Å². The standard InChI is InChI=1S/C17H30O2/c1-4-19-17(18)10-6-5-7-14(17)15-12-8-9-13(11-12)16(15,2)3/h12-15,18H,4-11H2,1-3H3. The number of ether oxygens (including phenoxy) is 1. The van der Waals surface area contributed by atoms with E-state index in [1.54, 1.807) is 0 Å². The van der Waals surface area contributed by atoms with Crippen molar-refractivity contribution in [3.63, 3.8) is 0 Å². The van der Waals surface area contributed by atoms with E-state index in [4.69, 9.17) is 4.74 Å². The highest BCUT2D eigenvalue weighted by atomic mass is 16.6. The van der Waals surface area contributed by atoms with Gasteiger partial charge in [-0.2, -0.15) is 0 Å². The zero-order valence-corrected chi connectivity index (χ0v) is 12.8. The van der Waals surface area contributed by atoms with Crippen LogP contribution in [0.1, 0.15) is 65.7 Å². The van der Waals surface area contributed by atoms with Crippen molar-refractivity contribution in [3.05, 3.63) is 0 Å². The van der Waals surface area contributed by atoms with Crippen LogP contribution in [0.2, 0.25) is 0 Å². The molecular weight excluding hydrogens is 236 g/mol. The van der Waals surface area contributed by atoms with Gasteiger partial charge in [-0.3, -0.25) is 0 Å². The predicted molar refractivity (Wildman–Crippen MR) is 76.6 cm³/mol. The molecule has 2 nitrogen and oxygen atoms in total. The molecule has 0 aliphatic heterocycles. The Balaban J connectivity index is 1.87. The lowest BCUT2D eigenvalue weighted by Crippen LogP contribution is -2.51. The fourth-order valence-electron chi connectivity index (χ4n) is 5.79. The monoisotopic (exact) mass is 266 g/mol. The summed E-state index contributed by atoms with van der Waals surface area (Å²) in [6, 6.07) is 0. The van der Waals surface area contributed by atoms with E-state index in [0.29, 0.717) is 23.9 Å². The average Bonchev–Trinajstić information content (AvgIpc) is 2.89. The van der Waals surface area contributed by atoms with Gasteiger partial charge in [-0.05, 0) is 62.2 Å². The van der Waals surface area contributed by atoms with Crippen LogP contribution in [0.25, 0.3) is 0 Å². The Morgan fingerprint density at radius 1 is 1.16 bits per heavy atom.